The van der Waals surface area contributed by atoms with Crippen molar-refractivity contribution in [1.29, 1.82) is 0 Å². The predicted octanol–water partition coefficient (Wildman–Crippen LogP) is 3.31. The van der Waals surface area contributed by atoms with E-state index < -0.39 is 29.9 Å². The summed E-state index contributed by atoms with van der Waals surface area (Å²) in [6.07, 6.45) is -1.98. The molecule has 0 saturated carbocycles. The minimum Gasteiger partial charge on any atom is -0.445 e. The van der Waals surface area contributed by atoms with Crippen LogP contribution in [-0.2, 0) is 11.3 Å². The maximum atomic E-state index is 13.2. The molecule has 0 bridgehead atoms. The Hall–Kier alpha value is -2.47. The number of halogens is 2. The molecule has 1 unspecified atom stereocenters. The van der Waals surface area contributed by atoms with Crippen LogP contribution in [0, 0.1) is 11.6 Å². The van der Waals surface area contributed by atoms with Crippen LogP contribution in [0.3, 0.4) is 0 Å². The van der Waals surface area contributed by atoms with Crippen LogP contribution in [0.1, 0.15) is 24.2 Å². The van der Waals surface area contributed by atoms with Crippen molar-refractivity contribution in [1.82, 2.24) is 5.32 Å². The molecule has 0 aliphatic heterocycles. The van der Waals surface area contributed by atoms with Crippen LogP contribution in [0.4, 0.5) is 13.6 Å². The maximum Gasteiger partial charge on any atom is 0.407 e. The predicted molar refractivity (Wildman–Crippen MR) is 80.5 cm³/mol. The molecule has 6 heteroatoms. The van der Waals surface area contributed by atoms with Gasteiger partial charge in [0.15, 0.2) is 0 Å². The van der Waals surface area contributed by atoms with E-state index in [9.17, 15) is 18.7 Å². The molecule has 4 nitrogen and oxygen atoms in total. The number of nitrogens with one attached hydrogen (secondary N) is 1. The Labute approximate surface area is 132 Å². The lowest BCUT2D eigenvalue weighted by Crippen LogP contribution is -2.37. The molecule has 2 atom stereocenters. The van der Waals surface area contributed by atoms with Gasteiger partial charge in [0.05, 0.1) is 12.1 Å². The first kappa shape index (κ1) is 16.9. The number of carbonyl (C=O) groups excluding carboxylic acids is 1. The molecule has 0 aromatic heterocycles. The quantitative estimate of drug-likeness (QED) is 0.888. The molecular formula is C17H17F2NO3. The number of hydrogen-bond donors (Lipinski definition) is 2. The second-order valence-electron chi connectivity index (χ2n) is 5.14. The summed E-state index contributed by atoms with van der Waals surface area (Å²) in [5, 5.41) is 12.5. The van der Waals surface area contributed by atoms with Crippen molar-refractivity contribution in [3.05, 3.63) is 71.3 Å². The zero-order valence-electron chi connectivity index (χ0n) is 12.5. The minimum atomic E-state index is -1.26. The fraction of sp³-hybridized carbons (Fsp3) is 0.235. The third kappa shape index (κ3) is 5.03. The molecule has 0 aliphatic carbocycles. The Morgan fingerprint density at radius 1 is 1.17 bits per heavy atom. The molecule has 2 aromatic carbocycles. The van der Waals surface area contributed by atoms with E-state index in [1.165, 1.54) is 6.92 Å². The third-order valence-corrected chi connectivity index (χ3v) is 3.26. The Morgan fingerprint density at radius 3 is 2.39 bits per heavy atom. The molecule has 0 spiro atoms. The highest BCUT2D eigenvalue weighted by Gasteiger charge is 2.20. The van der Waals surface area contributed by atoms with E-state index in [0.717, 1.165) is 17.7 Å². The lowest BCUT2D eigenvalue weighted by atomic mass is 10.0. The van der Waals surface area contributed by atoms with Gasteiger partial charge in [-0.15, -0.1) is 0 Å². The summed E-state index contributed by atoms with van der Waals surface area (Å²) in [5.74, 6) is -1.59. The van der Waals surface area contributed by atoms with Gasteiger partial charge in [0.2, 0.25) is 0 Å². The van der Waals surface area contributed by atoms with E-state index >= 15 is 0 Å². The smallest absolute Gasteiger partial charge is 0.407 e. The average molecular weight is 321 g/mol. The number of carbonyl (C=O) groups is 1. The maximum absolute atomic E-state index is 13.2. The summed E-state index contributed by atoms with van der Waals surface area (Å²) in [6.45, 7) is 1.60. The number of rotatable bonds is 5. The lowest BCUT2D eigenvalue weighted by molar-refractivity contribution is 0.106. The Balaban J connectivity index is 1.89. The van der Waals surface area contributed by atoms with E-state index in [-0.39, 0.29) is 12.2 Å². The summed E-state index contributed by atoms with van der Waals surface area (Å²) in [4.78, 5) is 11.7. The van der Waals surface area contributed by atoms with Crippen molar-refractivity contribution < 1.29 is 23.4 Å². The van der Waals surface area contributed by atoms with Gasteiger partial charge in [-0.25, -0.2) is 13.6 Å². The normalized spacial score (nSPS) is 13.2. The van der Waals surface area contributed by atoms with Crippen molar-refractivity contribution in [3.8, 4) is 0 Å². The summed E-state index contributed by atoms with van der Waals surface area (Å²) in [6, 6.07) is 11.1. The van der Waals surface area contributed by atoms with Crippen molar-refractivity contribution >= 4 is 6.09 Å². The van der Waals surface area contributed by atoms with Gasteiger partial charge in [-0.3, -0.25) is 0 Å². The molecule has 0 heterocycles. The van der Waals surface area contributed by atoms with Gasteiger partial charge in [-0.1, -0.05) is 30.3 Å². The van der Waals surface area contributed by atoms with Crippen LogP contribution in [0.2, 0.25) is 0 Å². The topological polar surface area (TPSA) is 58.6 Å². The van der Waals surface area contributed by atoms with Gasteiger partial charge >= 0.3 is 6.09 Å². The summed E-state index contributed by atoms with van der Waals surface area (Å²) in [7, 11) is 0. The number of aliphatic hydroxyl groups excluding tert-OH is 1. The first-order chi connectivity index (χ1) is 11.0. The molecule has 0 aliphatic rings. The summed E-state index contributed by atoms with van der Waals surface area (Å²) in [5.41, 5.74) is 0.862. The van der Waals surface area contributed by atoms with Gasteiger partial charge < -0.3 is 15.2 Å². The van der Waals surface area contributed by atoms with E-state index in [0.29, 0.717) is 6.07 Å². The van der Waals surface area contributed by atoms with E-state index in [1.54, 1.807) is 12.1 Å². The lowest BCUT2D eigenvalue weighted by Gasteiger charge is -2.20. The van der Waals surface area contributed by atoms with Gasteiger partial charge in [0.25, 0.3) is 0 Å². The Kier molecular flexibility index (Phi) is 5.65. The molecular weight excluding hydrogens is 304 g/mol. The highest BCUT2D eigenvalue weighted by atomic mass is 19.1. The standard InChI is InChI=1S/C17H17F2NO3/c1-11(16(21)13-7-14(18)9-15(19)8-13)20-17(22)23-10-12-5-3-2-4-6-12/h2-9,11,16,21H,10H2,1H3,(H,20,22)/t11-,16?/m1/s1. The van der Waals surface area contributed by atoms with Crippen LogP contribution < -0.4 is 5.32 Å². The van der Waals surface area contributed by atoms with E-state index in [2.05, 4.69) is 5.32 Å². The van der Waals surface area contributed by atoms with Crippen molar-refractivity contribution in [2.45, 2.75) is 25.7 Å². The summed E-state index contributed by atoms with van der Waals surface area (Å²) < 4.78 is 31.3. The first-order valence-electron chi connectivity index (χ1n) is 7.07. The highest BCUT2D eigenvalue weighted by Crippen LogP contribution is 2.19. The molecule has 2 aromatic rings. The Bertz CT molecular complexity index is 644. The van der Waals surface area contributed by atoms with Gasteiger partial charge in [0.1, 0.15) is 18.2 Å². The van der Waals surface area contributed by atoms with Gasteiger partial charge in [-0.05, 0) is 30.2 Å². The number of hydrogen-bond acceptors (Lipinski definition) is 3. The summed E-state index contributed by atoms with van der Waals surface area (Å²) >= 11 is 0. The van der Waals surface area contributed by atoms with Crippen LogP contribution >= 0.6 is 0 Å². The van der Waals surface area contributed by atoms with Crippen LogP contribution in [0.5, 0.6) is 0 Å². The number of aliphatic hydroxyl groups is 1. The van der Waals surface area contributed by atoms with Crippen molar-refractivity contribution in [3.63, 3.8) is 0 Å². The van der Waals surface area contributed by atoms with Gasteiger partial charge in [-0.2, -0.15) is 0 Å². The van der Waals surface area contributed by atoms with Crippen molar-refractivity contribution in [2.75, 3.05) is 0 Å². The number of ether oxygens (including phenoxy) is 1. The molecule has 2 N–H and O–H groups in total. The fourth-order valence-electron chi connectivity index (χ4n) is 2.06. The molecule has 0 saturated heterocycles. The second kappa shape index (κ2) is 7.69. The van der Waals surface area contributed by atoms with E-state index in [1.807, 2.05) is 18.2 Å². The molecule has 23 heavy (non-hydrogen) atoms. The first-order valence-corrected chi connectivity index (χ1v) is 7.07. The highest BCUT2D eigenvalue weighted by molar-refractivity contribution is 5.67. The average Bonchev–Trinajstić information content (AvgIpc) is 2.52. The molecule has 0 radical (unpaired) electrons. The van der Waals surface area contributed by atoms with E-state index in [4.69, 9.17) is 4.74 Å². The number of benzene rings is 2. The van der Waals surface area contributed by atoms with Crippen molar-refractivity contribution in [2.24, 2.45) is 0 Å². The molecule has 2 rings (SSSR count). The number of alkyl carbamates (subject to hydrolysis) is 1. The van der Waals surface area contributed by atoms with Crippen LogP contribution in [-0.4, -0.2) is 17.2 Å². The molecule has 122 valence electrons. The largest absolute Gasteiger partial charge is 0.445 e. The zero-order chi connectivity index (χ0) is 16.8. The molecule has 1 amide bonds. The monoisotopic (exact) mass is 321 g/mol. The van der Waals surface area contributed by atoms with Crippen LogP contribution in [0.25, 0.3) is 0 Å². The fourth-order valence-corrected chi connectivity index (χ4v) is 2.06. The van der Waals surface area contributed by atoms with Gasteiger partial charge in [0, 0.05) is 6.07 Å². The number of amides is 1. The zero-order valence-corrected chi connectivity index (χ0v) is 12.5. The molecule has 0 fully saturated rings. The Morgan fingerprint density at radius 2 is 1.78 bits per heavy atom. The SMILES string of the molecule is C[C@@H](NC(=O)OCc1ccccc1)C(O)c1cc(F)cc(F)c1. The second-order valence-corrected chi connectivity index (χ2v) is 5.14. The van der Waals surface area contributed by atoms with Crippen LogP contribution in [0.15, 0.2) is 48.5 Å². The minimum absolute atomic E-state index is 0.0401. The third-order valence-electron chi connectivity index (χ3n) is 3.26.